The summed E-state index contributed by atoms with van der Waals surface area (Å²) in [6.45, 7) is 1.62. The van der Waals surface area contributed by atoms with E-state index in [1.165, 1.54) is 0 Å². The van der Waals surface area contributed by atoms with Crippen LogP contribution in [0.1, 0.15) is 18.4 Å². The van der Waals surface area contributed by atoms with E-state index in [0.29, 0.717) is 17.3 Å². The maximum absolute atomic E-state index is 8.80. The number of anilines is 2. The van der Waals surface area contributed by atoms with Crippen molar-refractivity contribution in [3.8, 4) is 6.07 Å². The molecule has 1 aromatic carbocycles. The van der Waals surface area contributed by atoms with Gasteiger partial charge in [-0.15, -0.1) is 0 Å². The van der Waals surface area contributed by atoms with Crippen LogP contribution in [0, 0.1) is 11.3 Å². The zero-order valence-corrected chi connectivity index (χ0v) is 10.0. The molecule has 17 heavy (non-hydrogen) atoms. The SMILES string of the molecule is CN(c1ccc(C#N)cc1N)C1CCOCC1. The van der Waals surface area contributed by atoms with Crippen molar-refractivity contribution < 1.29 is 4.74 Å². The Bertz CT molecular complexity index is 433. The Labute approximate surface area is 102 Å². The van der Waals surface area contributed by atoms with Gasteiger partial charge in [0.2, 0.25) is 0 Å². The molecule has 2 rings (SSSR count). The Kier molecular flexibility index (Phi) is 3.50. The molecule has 4 heteroatoms. The van der Waals surface area contributed by atoms with Crippen molar-refractivity contribution >= 4 is 11.4 Å². The largest absolute Gasteiger partial charge is 0.397 e. The Hall–Kier alpha value is -1.73. The van der Waals surface area contributed by atoms with Crippen LogP contribution >= 0.6 is 0 Å². The maximum atomic E-state index is 8.80. The Morgan fingerprint density at radius 2 is 2.12 bits per heavy atom. The second kappa shape index (κ2) is 5.07. The van der Waals surface area contributed by atoms with E-state index < -0.39 is 0 Å². The molecule has 1 aliphatic heterocycles. The fourth-order valence-corrected chi connectivity index (χ4v) is 2.21. The number of nitrogens with two attached hydrogens (primary N) is 1. The maximum Gasteiger partial charge on any atom is 0.0992 e. The number of nitriles is 1. The van der Waals surface area contributed by atoms with Gasteiger partial charge in [-0.25, -0.2) is 0 Å². The number of nitrogens with zero attached hydrogens (tertiary/aromatic N) is 2. The highest BCUT2D eigenvalue weighted by molar-refractivity contribution is 5.69. The smallest absolute Gasteiger partial charge is 0.0992 e. The van der Waals surface area contributed by atoms with Gasteiger partial charge in [-0.1, -0.05) is 0 Å². The number of benzene rings is 1. The van der Waals surface area contributed by atoms with Gasteiger partial charge < -0.3 is 15.4 Å². The van der Waals surface area contributed by atoms with E-state index in [1.54, 1.807) is 6.07 Å². The van der Waals surface area contributed by atoms with Crippen LogP contribution in [0.5, 0.6) is 0 Å². The first-order valence-electron chi connectivity index (χ1n) is 5.82. The lowest BCUT2D eigenvalue weighted by Crippen LogP contribution is -2.37. The van der Waals surface area contributed by atoms with Crippen molar-refractivity contribution in [2.24, 2.45) is 0 Å². The van der Waals surface area contributed by atoms with Crippen molar-refractivity contribution in [2.45, 2.75) is 18.9 Å². The van der Waals surface area contributed by atoms with Gasteiger partial charge in [0.25, 0.3) is 0 Å². The monoisotopic (exact) mass is 231 g/mol. The van der Waals surface area contributed by atoms with Crippen LogP contribution in [0.15, 0.2) is 18.2 Å². The lowest BCUT2D eigenvalue weighted by Gasteiger charge is -2.33. The van der Waals surface area contributed by atoms with Crippen LogP contribution in [0.25, 0.3) is 0 Å². The summed E-state index contributed by atoms with van der Waals surface area (Å²) in [5.74, 6) is 0. The third-order valence-electron chi connectivity index (χ3n) is 3.28. The molecule has 0 bridgehead atoms. The molecule has 0 atom stereocenters. The van der Waals surface area contributed by atoms with Gasteiger partial charge in [0, 0.05) is 26.3 Å². The summed E-state index contributed by atoms with van der Waals surface area (Å²) in [5.41, 5.74) is 8.24. The average molecular weight is 231 g/mol. The molecule has 0 radical (unpaired) electrons. The molecule has 90 valence electrons. The quantitative estimate of drug-likeness (QED) is 0.788. The highest BCUT2D eigenvalue weighted by Crippen LogP contribution is 2.27. The molecule has 0 aliphatic carbocycles. The van der Waals surface area contributed by atoms with Crippen LogP contribution < -0.4 is 10.6 Å². The minimum Gasteiger partial charge on any atom is -0.397 e. The third-order valence-corrected chi connectivity index (χ3v) is 3.28. The topological polar surface area (TPSA) is 62.3 Å². The van der Waals surface area contributed by atoms with Gasteiger partial charge in [0.05, 0.1) is 23.0 Å². The van der Waals surface area contributed by atoms with Crippen LogP contribution in [-0.2, 0) is 4.74 Å². The molecule has 1 saturated heterocycles. The summed E-state index contributed by atoms with van der Waals surface area (Å²) >= 11 is 0. The van der Waals surface area contributed by atoms with Gasteiger partial charge in [0.1, 0.15) is 0 Å². The van der Waals surface area contributed by atoms with Gasteiger partial charge in [-0.05, 0) is 31.0 Å². The van der Waals surface area contributed by atoms with Crippen LogP contribution in [0.4, 0.5) is 11.4 Å². The zero-order valence-electron chi connectivity index (χ0n) is 10.0. The van der Waals surface area contributed by atoms with E-state index >= 15 is 0 Å². The molecule has 0 amide bonds. The van der Waals surface area contributed by atoms with E-state index in [1.807, 2.05) is 19.2 Å². The summed E-state index contributed by atoms with van der Waals surface area (Å²) in [6, 6.07) is 8.02. The van der Waals surface area contributed by atoms with Gasteiger partial charge >= 0.3 is 0 Å². The standard InChI is InChI=1S/C13H17N3O/c1-16(11-4-6-17-7-5-11)13-3-2-10(9-14)8-12(13)15/h2-3,8,11H,4-7,15H2,1H3. The fourth-order valence-electron chi connectivity index (χ4n) is 2.21. The number of ether oxygens (including phenoxy) is 1. The summed E-state index contributed by atoms with van der Waals surface area (Å²) in [5, 5.41) is 8.80. The molecule has 4 nitrogen and oxygen atoms in total. The van der Waals surface area contributed by atoms with E-state index in [-0.39, 0.29) is 0 Å². The molecule has 1 heterocycles. The second-order valence-corrected chi connectivity index (χ2v) is 4.34. The molecule has 0 aromatic heterocycles. The van der Waals surface area contributed by atoms with Crippen molar-refractivity contribution in [1.82, 2.24) is 0 Å². The molecule has 2 N–H and O–H groups in total. The molecule has 1 aliphatic rings. The van der Waals surface area contributed by atoms with Crippen molar-refractivity contribution in [3.63, 3.8) is 0 Å². The predicted octanol–water partition coefficient (Wildman–Crippen LogP) is 1.76. The van der Waals surface area contributed by atoms with E-state index in [9.17, 15) is 0 Å². The lowest BCUT2D eigenvalue weighted by molar-refractivity contribution is 0.0855. The summed E-state index contributed by atoms with van der Waals surface area (Å²) in [7, 11) is 2.05. The highest BCUT2D eigenvalue weighted by Gasteiger charge is 2.20. The third kappa shape index (κ3) is 2.51. The van der Waals surface area contributed by atoms with Gasteiger partial charge in [0.15, 0.2) is 0 Å². The molecule has 0 saturated carbocycles. The highest BCUT2D eigenvalue weighted by atomic mass is 16.5. The first-order chi connectivity index (χ1) is 8.22. The zero-order chi connectivity index (χ0) is 12.3. The summed E-state index contributed by atoms with van der Waals surface area (Å²) in [6.07, 6.45) is 2.05. The number of hydrogen-bond acceptors (Lipinski definition) is 4. The number of hydrogen-bond donors (Lipinski definition) is 1. The van der Waals surface area contributed by atoms with E-state index in [4.69, 9.17) is 15.7 Å². The molecule has 1 aromatic rings. The molecular formula is C13H17N3O. The van der Waals surface area contributed by atoms with Gasteiger partial charge in [-0.2, -0.15) is 5.26 Å². The average Bonchev–Trinajstić information content (AvgIpc) is 2.39. The Balaban J connectivity index is 2.18. The molecular weight excluding hydrogens is 214 g/mol. The fraction of sp³-hybridized carbons (Fsp3) is 0.462. The van der Waals surface area contributed by atoms with Crippen molar-refractivity contribution in [3.05, 3.63) is 23.8 Å². The molecule has 0 spiro atoms. The Morgan fingerprint density at radius 3 is 2.71 bits per heavy atom. The predicted molar refractivity (Wildman–Crippen MR) is 67.8 cm³/mol. The second-order valence-electron chi connectivity index (χ2n) is 4.34. The summed E-state index contributed by atoms with van der Waals surface area (Å²) in [4.78, 5) is 2.19. The van der Waals surface area contributed by atoms with Crippen LogP contribution in [-0.4, -0.2) is 26.3 Å². The summed E-state index contributed by atoms with van der Waals surface area (Å²) < 4.78 is 5.35. The normalized spacial score (nSPS) is 16.5. The molecule has 1 fully saturated rings. The van der Waals surface area contributed by atoms with Crippen LogP contribution in [0.2, 0.25) is 0 Å². The minimum absolute atomic E-state index is 0.471. The number of nitrogen functional groups attached to an aromatic ring is 1. The van der Waals surface area contributed by atoms with Gasteiger partial charge in [-0.3, -0.25) is 0 Å². The number of rotatable bonds is 2. The van der Waals surface area contributed by atoms with E-state index in [0.717, 1.165) is 31.7 Å². The first kappa shape index (κ1) is 11.7. The Morgan fingerprint density at radius 1 is 1.41 bits per heavy atom. The lowest BCUT2D eigenvalue weighted by atomic mass is 10.1. The van der Waals surface area contributed by atoms with Crippen molar-refractivity contribution in [1.29, 1.82) is 5.26 Å². The molecule has 0 unspecified atom stereocenters. The van der Waals surface area contributed by atoms with Crippen molar-refractivity contribution in [2.75, 3.05) is 30.9 Å². The minimum atomic E-state index is 0.471. The van der Waals surface area contributed by atoms with Crippen LogP contribution in [0.3, 0.4) is 0 Å². The van der Waals surface area contributed by atoms with E-state index in [2.05, 4.69) is 11.0 Å². The first-order valence-corrected chi connectivity index (χ1v) is 5.82.